The highest BCUT2D eigenvalue weighted by Gasteiger charge is 2.37. The number of Topliss-reactive ketones (excluding diaryl/α,β-unsaturated/α-hetero) is 1. The first-order chi connectivity index (χ1) is 16.5. The highest BCUT2D eigenvalue weighted by Crippen LogP contribution is 2.46. The van der Waals surface area contributed by atoms with Crippen LogP contribution in [0.15, 0.2) is 71.9 Å². The number of allylic oxidation sites excluding steroid dienone is 1. The maximum atomic E-state index is 13.7. The van der Waals surface area contributed by atoms with Crippen LogP contribution >= 0.6 is 23.2 Å². The normalized spacial score (nSPS) is 19.4. The molecule has 5 rings (SSSR count). The lowest BCUT2D eigenvalue weighted by Crippen LogP contribution is -2.27. The summed E-state index contributed by atoms with van der Waals surface area (Å²) in [6.45, 7) is 0. The molecule has 0 aromatic heterocycles. The summed E-state index contributed by atoms with van der Waals surface area (Å²) in [5, 5.41) is 7.99. The van der Waals surface area contributed by atoms with Gasteiger partial charge in [0, 0.05) is 17.7 Å². The molecule has 2 unspecified atom stereocenters. The Morgan fingerprint density at radius 3 is 2.41 bits per heavy atom. The molecule has 5 nitrogen and oxygen atoms in total. The molecule has 2 aliphatic rings. The molecular formula is C27H24Cl2N2O3. The maximum Gasteiger partial charge on any atom is 0.163 e. The predicted octanol–water partition coefficient (Wildman–Crippen LogP) is 6.99. The zero-order valence-corrected chi connectivity index (χ0v) is 20.3. The van der Waals surface area contributed by atoms with Gasteiger partial charge in [0.1, 0.15) is 0 Å². The van der Waals surface area contributed by atoms with Crippen LogP contribution in [-0.2, 0) is 4.79 Å². The number of para-hydroxylation sites is 2. The first-order valence-electron chi connectivity index (χ1n) is 11.0. The summed E-state index contributed by atoms with van der Waals surface area (Å²) in [5.74, 6) is 1.38. The summed E-state index contributed by atoms with van der Waals surface area (Å²) in [4.78, 5) is 13.7. The number of nitrogens with one attached hydrogen (secondary N) is 2. The van der Waals surface area contributed by atoms with E-state index in [0.29, 0.717) is 40.0 Å². The number of hydrogen-bond acceptors (Lipinski definition) is 5. The van der Waals surface area contributed by atoms with Crippen LogP contribution in [0.4, 0.5) is 11.4 Å². The third kappa shape index (κ3) is 3.99. The quantitative estimate of drug-likeness (QED) is 0.409. The third-order valence-electron chi connectivity index (χ3n) is 6.48. The minimum Gasteiger partial charge on any atom is -0.493 e. The van der Waals surface area contributed by atoms with Gasteiger partial charge in [-0.15, -0.1) is 0 Å². The van der Waals surface area contributed by atoms with Gasteiger partial charge in [-0.05, 0) is 53.8 Å². The summed E-state index contributed by atoms with van der Waals surface area (Å²) < 4.78 is 10.9. The summed E-state index contributed by atoms with van der Waals surface area (Å²) in [5.41, 5.74) is 5.19. The number of halogens is 2. The van der Waals surface area contributed by atoms with Gasteiger partial charge in [-0.3, -0.25) is 4.79 Å². The van der Waals surface area contributed by atoms with Crippen molar-refractivity contribution in [3.05, 3.63) is 93.1 Å². The Bertz CT molecular complexity index is 1300. The molecule has 174 valence electrons. The minimum atomic E-state index is -0.420. The summed E-state index contributed by atoms with van der Waals surface area (Å²) in [7, 11) is 3.23. The lowest BCUT2D eigenvalue weighted by molar-refractivity contribution is -0.116. The van der Waals surface area contributed by atoms with Crippen LogP contribution in [0.5, 0.6) is 11.5 Å². The average molecular weight is 495 g/mol. The van der Waals surface area contributed by atoms with Crippen molar-refractivity contribution in [2.75, 3.05) is 24.9 Å². The fraction of sp³-hybridized carbons (Fsp3) is 0.222. The molecule has 0 amide bonds. The van der Waals surface area contributed by atoms with Gasteiger partial charge in [0.25, 0.3) is 0 Å². The van der Waals surface area contributed by atoms with Crippen LogP contribution in [0.2, 0.25) is 10.0 Å². The van der Waals surface area contributed by atoms with Crippen LogP contribution in [0.25, 0.3) is 0 Å². The first kappa shape index (κ1) is 22.6. The highest BCUT2D eigenvalue weighted by molar-refractivity contribution is 6.42. The van der Waals surface area contributed by atoms with E-state index in [1.807, 2.05) is 54.6 Å². The number of carbonyl (C=O) groups is 1. The van der Waals surface area contributed by atoms with E-state index in [1.54, 1.807) is 20.3 Å². The van der Waals surface area contributed by atoms with Crippen molar-refractivity contribution in [2.24, 2.45) is 0 Å². The molecule has 7 heteroatoms. The Kier molecular flexibility index (Phi) is 6.15. The Morgan fingerprint density at radius 1 is 0.882 bits per heavy atom. The van der Waals surface area contributed by atoms with Crippen molar-refractivity contribution >= 4 is 40.4 Å². The van der Waals surface area contributed by atoms with Gasteiger partial charge in [-0.25, -0.2) is 0 Å². The number of ketones is 1. The van der Waals surface area contributed by atoms with Gasteiger partial charge >= 0.3 is 0 Å². The Morgan fingerprint density at radius 2 is 1.65 bits per heavy atom. The molecule has 3 aromatic rings. The zero-order chi connectivity index (χ0) is 23.8. The van der Waals surface area contributed by atoms with Crippen molar-refractivity contribution in [2.45, 2.75) is 24.8 Å². The van der Waals surface area contributed by atoms with E-state index in [-0.39, 0.29) is 11.7 Å². The Balaban J connectivity index is 1.61. The molecule has 0 bridgehead atoms. The second kappa shape index (κ2) is 9.24. The first-order valence-corrected chi connectivity index (χ1v) is 11.8. The molecule has 1 aliphatic heterocycles. The van der Waals surface area contributed by atoms with Crippen molar-refractivity contribution in [1.82, 2.24) is 0 Å². The molecule has 0 radical (unpaired) electrons. The number of ether oxygens (including phenoxy) is 2. The van der Waals surface area contributed by atoms with E-state index >= 15 is 0 Å². The molecule has 0 saturated heterocycles. The van der Waals surface area contributed by atoms with Gasteiger partial charge in [-0.2, -0.15) is 0 Å². The van der Waals surface area contributed by atoms with E-state index < -0.39 is 6.04 Å². The van der Waals surface area contributed by atoms with Crippen LogP contribution < -0.4 is 20.1 Å². The Hall–Kier alpha value is -3.15. The molecule has 2 atom stereocenters. The topological polar surface area (TPSA) is 59.6 Å². The van der Waals surface area contributed by atoms with Gasteiger partial charge in [0.05, 0.1) is 41.7 Å². The van der Waals surface area contributed by atoms with E-state index in [2.05, 4.69) is 10.6 Å². The monoisotopic (exact) mass is 494 g/mol. The largest absolute Gasteiger partial charge is 0.493 e. The van der Waals surface area contributed by atoms with Crippen molar-refractivity contribution in [3.8, 4) is 11.5 Å². The number of methoxy groups -OCH3 is 2. The van der Waals surface area contributed by atoms with E-state index in [9.17, 15) is 4.79 Å². The number of fused-ring (bicyclic) bond motifs is 1. The average Bonchev–Trinajstić information content (AvgIpc) is 3.02. The van der Waals surface area contributed by atoms with Crippen molar-refractivity contribution < 1.29 is 14.3 Å². The smallest absolute Gasteiger partial charge is 0.163 e. The Labute approximate surface area is 208 Å². The van der Waals surface area contributed by atoms with E-state index in [0.717, 1.165) is 28.2 Å². The zero-order valence-electron chi connectivity index (χ0n) is 18.8. The standard InChI is InChI=1S/C27H24Cl2N2O3/c1-33-23-11-10-15(14-24(23)34-2)16-12-21-25(22(32)13-16)27(17-6-5-7-18(28)26(17)29)31-20-9-4-3-8-19(20)30-21/h3-11,14,16,27,30-31H,12-13H2,1-2H3. The second-order valence-electron chi connectivity index (χ2n) is 8.43. The molecule has 3 aromatic carbocycles. The fourth-order valence-electron chi connectivity index (χ4n) is 4.81. The summed E-state index contributed by atoms with van der Waals surface area (Å²) in [6.07, 6.45) is 1.05. The number of benzene rings is 3. The van der Waals surface area contributed by atoms with Gasteiger partial charge in [-0.1, -0.05) is 53.5 Å². The number of rotatable bonds is 4. The molecular weight excluding hydrogens is 471 g/mol. The fourth-order valence-corrected chi connectivity index (χ4v) is 5.23. The summed E-state index contributed by atoms with van der Waals surface area (Å²) in [6, 6.07) is 18.9. The van der Waals surface area contributed by atoms with Crippen LogP contribution in [0.3, 0.4) is 0 Å². The van der Waals surface area contributed by atoms with E-state index in [1.165, 1.54) is 0 Å². The SMILES string of the molecule is COc1ccc(C2CC(=O)C3=C(C2)Nc2ccccc2NC3c2cccc(Cl)c2Cl)cc1OC. The molecule has 1 aliphatic carbocycles. The predicted molar refractivity (Wildman–Crippen MR) is 136 cm³/mol. The second-order valence-corrected chi connectivity index (χ2v) is 9.21. The molecule has 0 fully saturated rings. The maximum absolute atomic E-state index is 13.7. The number of carbonyl (C=O) groups excluding carboxylic acids is 1. The molecule has 0 saturated carbocycles. The third-order valence-corrected chi connectivity index (χ3v) is 7.31. The van der Waals surface area contributed by atoms with Crippen LogP contribution in [0.1, 0.15) is 35.9 Å². The minimum absolute atomic E-state index is 0.000647. The highest BCUT2D eigenvalue weighted by atomic mass is 35.5. The lowest BCUT2D eigenvalue weighted by Gasteiger charge is -2.30. The summed E-state index contributed by atoms with van der Waals surface area (Å²) >= 11 is 13.0. The molecule has 0 spiro atoms. The van der Waals surface area contributed by atoms with Gasteiger partial charge < -0.3 is 20.1 Å². The van der Waals surface area contributed by atoms with Crippen molar-refractivity contribution in [1.29, 1.82) is 0 Å². The molecule has 2 N–H and O–H groups in total. The van der Waals surface area contributed by atoms with Gasteiger partial charge in [0.2, 0.25) is 0 Å². The van der Waals surface area contributed by atoms with Crippen LogP contribution in [0, 0.1) is 0 Å². The lowest BCUT2D eigenvalue weighted by atomic mass is 9.78. The van der Waals surface area contributed by atoms with E-state index in [4.69, 9.17) is 32.7 Å². The van der Waals surface area contributed by atoms with Crippen molar-refractivity contribution in [3.63, 3.8) is 0 Å². The molecule has 34 heavy (non-hydrogen) atoms. The number of anilines is 2. The molecule has 1 heterocycles. The number of hydrogen-bond donors (Lipinski definition) is 2. The van der Waals surface area contributed by atoms with Gasteiger partial charge in [0.15, 0.2) is 17.3 Å². The van der Waals surface area contributed by atoms with Crippen LogP contribution in [-0.4, -0.2) is 20.0 Å².